The first-order valence-corrected chi connectivity index (χ1v) is 6.35. The topological polar surface area (TPSA) is 83.9 Å². The first-order valence-electron chi connectivity index (χ1n) is 4.74. The maximum Gasteiger partial charge on any atom is 0.272 e. The highest BCUT2D eigenvalue weighted by atomic mass is 32.2. The summed E-state index contributed by atoms with van der Waals surface area (Å²) in [4.78, 5) is 16.2. The largest absolute Gasteiger partial charge is 0.286 e. The summed E-state index contributed by atoms with van der Waals surface area (Å²) in [5.41, 5.74) is 0.344. The molecule has 0 radical (unpaired) electrons. The van der Waals surface area contributed by atoms with Crippen molar-refractivity contribution in [2.75, 3.05) is 19.4 Å². The molecule has 1 amide bonds. The number of nitrogens with zero attached hydrogens (tertiary/aromatic N) is 1. The first-order chi connectivity index (χ1) is 7.28. The molecule has 0 rings (SSSR count). The highest BCUT2D eigenvalue weighted by Crippen LogP contribution is 2.03. The van der Waals surface area contributed by atoms with Gasteiger partial charge in [0.2, 0.25) is 0 Å². The fourth-order valence-electron chi connectivity index (χ4n) is 1.03. The predicted molar refractivity (Wildman–Crippen MR) is 59.2 cm³/mol. The molecule has 0 heterocycles. The standard InChI is InChI=1S/C9H17NO5S/c1-8(2)9(11)10(15-3)6-4-5-7-16(12,13)14/h1,4-7H2,2-3H3,(H,12,13,14). The number of carbonyl (C=O) groups is 1. The lowest BCUT2D eigenvalue weighted by atomic mass is 10.3. The van der Waals surface area contributed by atoms with E-state index in [0.29, 0.717) is 12.0 Å². The van der Waals surface area contributed by atoms with Crippen LogP contribution < -0.4 is 0 Å². The van der Waals surface area contributed by atoms with Crippen molar-refractivity contribution in [2.45, 2.75) is 19.8 Å². The van der Waals surface area contributed by atoms with E-state index in [-0.39, 0.29) is 24.6 Å². The molecule has 0 unspecified atom stereocenters. The quantitative estimate of drug-likeness (QED) is 0.310. The van der Waals surface area contributed by atoms with Gasteiger partial charge >= 0.3 is 0 Å². The Morgan fingerprint density at radius 1 is 1.44 bits per heavy atom. The molecule has 94 valence electrons. The van der Waals surface area contributed by atoms with Gasteiger partial charge in [0.15, 0.2) is 0 Å². The Morgan fingerprint density at radius 2 is 2.00 bits per heavy atom. The number of amides is 1. The second-order valence-electron chi connectivity index (χ2n) is 3.36. The summed E-state index contributed by atoms with van der Waals surface area (Å²) < 4.78 is 29.3. The predicted octanol–water partition coefficient (Wildman–Crippen LogP) is 0.621. The minimum Gasteiger partial charge on any atom is -0.286 e. The highest BCUT2D eigenvalue weighted by Gasteiger charge is 2.13. The molecule has 16 heavy (non-hydrogen) atoms. The van der Waals surface area contributed by atoms with Crippen LogP contribution >= 0.6 is 0 Å². The van der Waals surface area contributed by atoms with Crippen LogP contribution in [0.2, 0.25) is 0 Å². The molecule has 0 aliphatic carbocycles. The zero-order valence-electron chi connectivity index (χ0n) is 9.47. The molecule has 0 saturated heterocycles. The zero-order valence-corrected chi connectivity index (χ0v) is 10.3. The molecule has 0 aromatic carbocycles. The molecular weight excluding hydrogens is 234 g/mol. The Morgan fingerprint density at radius 3 is 2.38 bits per heavy atom. The van der Waals surface area contributed by atoms with Crippen LogP contribution in [0.15, 0.2) is 12.2 Å². The lowest BCUT2D eigenvalue weighted by Crippen LogP contribution is -2.31. The van der Waals surface area contributed by atoms with E-state index in [1.165, 1.54) is 7.11 Å². The molecule has 0 spiro atoms. The van der Waals surface area contributed by atoms with Gasteiger partial charge in [-0.3, -0.25) is 14.2 Å². The van der Waals surface area contributed by atoms with Crippen molar-refractivity contribution in [1.29, 1.82) is 0 Å². The maximum atomic E-state index is 11.4. The lowest BCUT2D eigenvalue weighted by Gasteiger charge is -2.19. The van der Waals surface area contributed by atoms with Gasteiger partial charge in [0.1, 0.15) is 0 Å². The van der Waals surface area contributed by atoms with Crippen LogP contribution in [-0.4, -0.2) is 43.3 Å². The third kappa shape index (κ3) is 6.54. The average Bonchev–Trinajstić information content (AvgIpc) is 2.15. The minimum absolute atomic E-state index is 0.262. The van der Waals surface area contributed by atoms with E-state index < -0.39 is 10.1 Å². The summed E-state index contributed by atoms with van der Waals surface area (Å²) in [5, 5.41) is 1.10. The second kappa shape index (κ2) is 6.62. The Balaban J connectivity index is 3.98. The molecule has 0 aliphatic rings. The monoisotopic (exact) mass is 251 g/mol. The van der Waals surface area contributed by atoms with Crippen LogP contribution in [0.25, 0.3) is 0 Å². The number of rotatable bonds is 7. The van der Waals surface area contributed by atoms with E-state index in [1.54, 1.807) is 6.92 Å². The van der Waals surface area contributed by atoms with Gasteiger partial charge in [-0.05, 0) is 19.8 Å². The second-order valence-corrected chi connectivity index (χ2v) is 4.94. The first kappa shape index (κ1) is 15.1. The van der Waals surface area contributed by atoms with E-state index in [2.05, 4.69) is 6.58 Å². The Labute approximate surface area is 95.6 Å². The summed E-state index contributed by atoms with van der Waals surface area (Å²) >= 11 is 0. The van der Waals surface area contributed by atoms with Crippen molar-refractivity contribution in [3.63, 3.8) is 0 Å². The molecule has 7 heteroatoms. The molecule has 0 aliphatic heterocycles. The molecule has 1 N–H and O–H groups in total. The van der Waals surface area contributed by atoms with Gasteiger partial charge in [0.05, 0.1) is 12.9 Å². The van der Waals surface area contributed by atoms with Gasteiger partial charge in [-0.1, -0.05) is 6.58 Å². The summed E-state index contributed by atoms with van der Waals surface area (Å²) in [7, 11) is -2.58. The van der Waals surface area contributed by atoms with E-state index in [0.717, 1.165) is 5.06 Å². The lowest BCUT2D eigenvalue weighted by molar-refractivity contribution is -0.171. The van der Waals surface area contributed by atoms with Gasteiger partial charge in [-0.15, -0.1) is 0 Å². The third-order valence-corrected chi connectivity index (χ3v) is 2.63. The molecule has 0 atom stereocenters. The Kier molecular flexibility index (Phi) is 6.24. The molecule has 6 nitrogen and oxygen atoms in total. The van der Waals surface area contributed by atoms with Crippen LogP contribution in [0.5, 0.6) is 0 Å². The smallest absolute Gasteiger partial charge is 0.272 e. The van der Waals surface area contributed by atoms with Crippen LogP contribution in [0.4, 0.5) is 0 Å². The van der Waals surface area contributed by atoms with Crippen LogP contribution in [-0.2, 0) is 19.8 Å². The van der Waals surface area contributed by atoms with Crippen molar-refractivity contribution in [3.05, 3.63) is 12.2 Å². The minimum atomic E-state index is -3.93. The molecular formula is C9H17NO5S. The average molecular weight is 251 g/mol. The van der Waals surface area contributed by atoms with Crippen LogP contribution in [0.3, 0.4) is 0 Å². The van der Waals surface area contributed by atoms with Gasteiger partial charge in [-0.2, -0.15) is 8.42 Å². The molecule has 0 aromatic heterocycles. The molecule has 0 bridgehead atoms. The molecule has 0 saturated carbocycles. The van der Waals surface area contributed by atoms with Crippen LogP contribution in [0, 0.1) is 0 Å². The van der Waals surface area contributed by atoms with Gasteiger partial charge in [0, 0.05) is 12.1 Å². The Hall–Kier alpha value is -0.920. The highest BCUT2D eigenvalue weighted by molar-refractivity contribution is 7.85. The molecule has 0 fully saturated rings. The SMILES string of the molecule is C=C(C)C(=O)N(CCCCS(=O)(=O)O)OC. The number of unbranched alkanes of at least 4 members (excludes halogenated alkanes) is 1. The van der Waals surface area contributed by atoms with E-state index in [9.17, 15) is 13.2 Å². The van der Waals surface area contributed by atoms with Crippen LogP contribution in [0.1, 0.15) is 19.8 Å². The fraction of sp³-hybridized carbons (Fsp3) is 0.667. The number of carbonyl (C=O) groups excluding carboxylic acids is 1. The van der Waals surface area contributed by atoms with Crippen molar-refractivity contribution >= 4 is 16.0 Å². The Bertz CT molecular complexity index is 349. The van der Waals surface area contributed by atoms with E-state index in [1.807, 2.05) is 0 Å². The number of hydrogen-bond acceptors (Lipinski definition) is 4. The molecule has 0 aromatic rings. The van der Waals surface area contributed by atoms with Gasteiger partial charge in [-0.25, -0.2) is 5.06 Å². The summed E-state index contributed by atoms with van der Waals surface area (Å²) in [6.45, 7) is 5.31. The number of hydrogen-bond donors (Lipinski definition) is 1. The maximum absolute atomic E-state index is 11.4. The summed E-state index contributed by atoms with van der Waals surface area (Å²) in [6, 6.07) is 0. The number of hydroxylamine groups is 2. The third-order valence-electron chi connectivity index (χ3n) is 1.83. The van der Waals surface area contributed by atoms with E-state index in [4.69, 9.17) is 9.39 Å². The van der Waals surface area contributed by atoms with Gasteiger partial charge in [0.25, 0.3) is 16.0 Å². The van der Waals surface area contributed by atoms with E-state index >= 15 is 0 Å². The van der Waals surface area contributed by atoms with Crippen molar-refractivity contribution in [2.24, 2.45) is 0 Å². The summed E-state index contributed by atoms with van der Waals surface area (Å²) in [6.07, 6.45) is 0.689. The normalized spacial score (nSPS) is 11.2. The summed E-state index contributed by atoms with van der Waals surface area (Å²) in [5.74, 6) is -0.652. The van der Waals surface area contributed by atoms with Crippen molar-refractivity contribution in [3.8, 4) is 0 Å². The zero-order chi connectivity index (χ0) is 12.8. The van der Waals surface area contributed by atoms with Crippen molar-refractivity contribution < 1.29 is 22.6 Å². The van der Waals surface area contributed by atoms with Gasteiger partial charge < -0.3 is 0 Å². The fourth-order valence-corrected chi connectivity index (χ4v) is 1.60. The van der Waals surface area contributed by atoms with Crippen molar-refractivity contribution in [1.82, 2.24) is 5.06 Å².